The number of nitrogens with one attached hydrogen (secondary N) is 1. The first kappa shape index (κ1) is 13.2. The van der Waals surface area contributed by atoms with E-state index in [0.717, 1.165) is 24.4 Å². The van der Waals surface area contributed by atoms with Crippen molar-refractivity contribution in [3.05, 3.63) is 33.8 Å². The van der Waals surface area contributed by atoms with Crippen molar-refractivity contribution in [3.8, 4) is 0 Å². The van der Waals surface area contributed by atoms with Crippen molar-refractivity contribution < 1.29 is 0 Å². The summed E-state index contributed by atoms with van der Waals surface area (Å²) in [6.07, 6.45) is 5.05. The lowest BCUT2D eigenvalue weighted by atomic mass is 10.0. The molecule has 3 heteroatoms. The van der Waals surface area contributed by atoms with Crippen LogP contribution in [0.25, 0.3) is 0 Å². The van der Waals surface area contributed by atoms with Gasteiger partial charge in [-0.2, -0.15) is 0 Å². The minimum atomic E-state index is 0.355. The maximum Gasteiger partial charge on any atom is 0.0640 e. The minimum absolute atomic E-state index is 0.355. The van der Waals surface area contributed by atoms with Gasteiger partial charge in [-0.25, -0.2) is 0 Å². The predicted octanol–water partition coefficient (Wildman–Crippen LogP) is 4.83. The Bertz CT molecular complexity index is 374. The van der Waals surface area contributed by atoms with Crippen LogP contribution in [0.15, 0.2) is 18.2 Å². The highest BCUT2D eigenvalue weighted by Gasteiger charge is 2.27. The lowest BCUT2D eigenvalue weighted by Gasteiger charge is -2.20. The Labute approximate surface area is 114 Å². The molecule has 0 amide bonds. The zero-order chi connectivity index (χ0) is 12.3. The van der Waals surface area contributed by atoms with Gasteiger partial charge in [-0.05, 0) is 36.9 Å². The van der Waals surface area contributed by atoms with Crippen LogP contribution in [0, 0.1) is 5.92 Å². The van der Waals surface area contributed by atoms with Gasteiger partial charge in [-0.1, -0.05) is 55.1 Å². The molecule has 94 valence electrons. The lowest BCUT2D eigenvalue weighted by molar-refractivity contribution is 0.474. The van der Waals surface area contributed by atoms with Crippen molar-refractivity contribution in [1.82, 2.24) is 5.32 Å². The SMILES string of the molecule is CCCNC(CC1CC1)c1cccc(Cl)c1Cl. The molecule has 0 radical (unpaired) electrons. The topological polar surface area (TPSA) is 12.0 Å². The fourth-order valence-corrected chi connectivity index (χ4v) is 2.55. The van der Waals surface area contributed by atoms with Gasteiger partial charge in [0.05, 0.1) is 10.0 Å². The average molecular weight is 272 g/mol. The Morgan fingerprint density at radius 1 is 1.35 bits per heavy atom. The van der Waals surface area contributed by atoms with E-state index in [1.807, 2.05) is 12.1 Å². The predicted molar refractivity (Wildman–Crippen MR) is 74.8 cm³/mol. The third-order valence-electron chi connectivity index (χ3n) is 3.26. The van der Waals surface area contributed by atoms with E-state index in [9.17, 15) is 0 Å². The van der Waals surface area contributed by atoms with Gasteiger partial charge in [0, 0.05) is 6.04 Å². The summed E-state index contributed by atoms with van der Waals surface area (Å²) in [5.41, 5.74) is 1.15. The summed E-state index contributed by atoms with van der Waals surface area (Å²) in [7, 11) is 0. The third kappa shape index (κ3) is 3.61. The molecule has 0 spiro atoms. The lowest BCUT2D eigenvalue weighted by Crippen LogP contribution is -2.23. The number of halogens is 2. The summed E-state index contributed by atoms with van der Waals surface area (Å²) in [4.78, 5) is 0. The molecular formula is C14H19Cl2N. The summed E-state index contributed by atoms with van der Waals surface area (Å²) >= 11 is 12.4. The van der Waals surface area contributed by atoms with Gasteiger partial charge in [0.2, 0.25) is 0 Å². The van der Waals surface area contributed by atoms with Gasteiger partial charge in [0.1, 0.15) is 0 Å². The van der Waals surface area contributed by atoms with Crippen molar-refractivity contribution in [3.63, 3.8) is 0 Å². The van der Waals surface area contributed by atoms with Gasteiger partial charge in [0.25, 0.3) is 0 Å². The van der Waals surface area contributed by atoms with Crippen LogP contribution in [0.3, 0.4) is 0 Å². The highest BCUT2D eigenvalue weighted by Crippen LogP contribution is 2.40. The number of hydrogen-bond donors (Lipinski definition) is 1. The van der Waals surface area contributed by atoms with Gasteiger partial charge < -0.3 is 5.32 Å². The van der Waals surface area contributed by atoms with Crippen molar-refractivity contribution in [2.75, 3.05) is 6.54 Å². The molecule has 1 aromatic rings. The van der Waals surface area contributed by atoms with Crippen molar-refractivity contribution in [2.24, 2.45) is 5.92 Å². The Morgan fingerprint density at radius 2 is 2.12 bits per heavy atom. The molecule has 2 rings (SSSR count). The van der Waals surface area contributed by atoms with Crippen molar-refractivity contribution in [1.29, 1.82) is 0 Å². The average Bonchev–Trinajstić information content (AvgIpc) is 3.12. The minimum Gasteiger partial charge on any atom is -0.310 e. The first-order chi connectivity index (χ1) is 8.22. The maximum absolute atomic E-state index is 6.30. The summed E-state index contributed by atoms with van der Waals surface area (Å²) in [5, 5.41) is 4.95. The molecule has 17 heavy (non-hydrogen) atoms. The number of rotatable bonds is 6. The molecule has 1 aliphatic rings. The van der Waals surface area contributed by atoms with Gasteiger partial charge in [0.15, 0.2) is 0 Å². The second kappa shape index (κ2) is 6.08. The van der Waals surface area contributed by atoms with Crippen molar-refractivity contribution in [2.45, 2.75) is 38.6 Å². The molecule has 1 saturated carbocycles. The van der Waals surface area contributed by atoms with Crippen LogP contribution in [-0.4, -0.2) is 6.54 Å². The number of benzene rings is 1. The standard InChI is InChI=1S/C14H19Cl2N/c1-2-8-17-13(9-10-6-7-10)11-4-3-5-12(15)14(11)16/h3-5,10,13,17H,2,6-9H2,1H3. The Morgan fingerprint density at radius 3 is 2.76 bits per heavy atom. The van der Waals surface area contributed by atoms with Gasteiger partial charge in [-0.3, -0.25) is 0 Å². The van der Waals surface area contributed by atoms with Crippen LogP contribution in [0.1, 0.15) is 44.2 Å². The van der Waals surface area contributed by atoms with Gasteiger partial charge >= 0.3 is 0 Å². The fourth-order valence-electron chi connectivity index (χ4n) is 2.12. The van der Waals surface area contributed by atoms with E-state index in [-0.39, 0.29) is 0 Å². The molecule has 1 aliphatic carbocycles. The monoisotopic (exact) mass is 271 g/mol. The fraction of sp³-hybridized carbons (Fsp3) is 0.571. The zero-order valence-electron chi connectivity index (χ0n) is 10.2. The summed E-state index contributed by atoms with van der Waals surface area (Å²) in [6, 6.07) is 6.27. The van der Waals surface area contributed by atoms with Crippen LogP contribution in [0.2, 0.25) is 10.0 Å². The quantitative estimate of drug-likeness (QED) is 0.781. The molecule has 0 aliphatic heterocycles. The largest absolute Gasteiger partial charge is 0.310 e. The maximum atomic E-state index is 6.30. The van der Waals surface area contributed by atoms with E-state index >= 15 is 0 Å². The Balaban J connectivity index is 2.14. The summed E-state index contributed by atoms with van der Waals surface area (Å²) in [6.45, 7) is 3.21. The molecule has 0 bridgehead atoms. The molecule has 0 saturated heterocycles. The van der Waals surface area contributed by atoms with Crippen LogP contribution in [0.5, 0.6) is 0 Å². The van der Waals surface area contributed by atoms with E-state index in [4.69, 9.17) is 23.2 Å². The first-order valence-electron chi connectivity index (χ1n) is 6.39. The Kier molecular flexibility index (Phi) is 4.72. The first-order valence-corrected chi connectivity index (χ1v) is 7.15. The molecular weight excluding hydrogens is 253 g/mol. The number of hydrogen-bond acceptors (Lipinski definition) is 1. The molecule has 1 aromatic carbocycles. The van der Waals surface area contributed by atoms with Crippen LogP contribution in [-0.2, 0) is 0 Å². The molecule has 1 N–H and O–H groups in total. The summed E-state index contributed by atoms with van der Waals surface area (Å²) in [5.74, 6) is 0.874. The van der Waals surface area contributed by atoms with E-state index in [2.05, 4.69) is 18.3 Å². The van der Waals surface area contributed by atoms with Crippen molar-refractivity contribution >= 4 is 23.2 Å². The van der Waals surface area contributed by atoms with Gasteiger partial charge in [-0.15, -0.1) is 0 Å². The second-order valence-electron chi connectivity index (χ2n) is 4.83. The highest BCUT2D eigenvalue weighted by molar-refractivity contribution is 6.42. The smallest absolute Gasteiger partial charge is 0.0640 e. The Hall–Kier alpha value is -0.240. The zero-order valence-corrected chi connectivity index (χ0v) is 11.7. The third-order valence-corrected chi connectivity index (χ3v) is 4.10. The second-order valence-corrected chi connectivity index (χ2v) is 5.61. The summed E-state index contributed by atoms with van der Waals surface area (Å²) < 4.78 is 0. The van der Waals surface area contributed by atoms with Crippen LogP contribution in [0.4, 0.5) is 0 Å². The molecule has 1 nitrogen and oxygen atoms in total. The molecule has 1 fully saturated rings. The van der Waals surface area contributed by atoms with Crippen LogP contribution >= 0.6 is 23.2 Å². The van der Waals surface area contributed by atoms with E-state index in [1.165, 1.54) is 19.3 Å². The van der Waals surface area contributed by atoms with E-state index in [0.29, 0.717) is 16.1 Å². The van der Waals surface area contributed by atoms with E-state index < -0.39 is 0 Å². The molecule has 1 atom stereocenters. The molecule has 0 heterocycles. The molecule has 0 aromatic heterocycles. The van der Waals surface area contributed by atoms with E-state index in [1.54, 1.807) is 0 Å². The molecule has 1 unspecified atom stereocenters. The van der Waals surface area contributed by atoms with Crippen LogP contribution < -0.4 is 5.32 Å². The normalized spacial score (nSPS) is 17.1. The highest BCUT2D eigenvalue weighted by atomic mass is 35.5.